The number of aromatic nitrogens is 2. The maximum absolute atomic E-state index is 9.99. The molecule has 0 aliphatic rings. The molecule has 0 atom stereocenters. The highest BCUT2D eigenvalue weighted by molar-refractivity contribution is 7.71. The summed E-state index contributed by atoms with van der Waals surface area (Å²) in [6.45, 7) is 0. The molecule has 1 rings (SSSR count). The Morgan fingerprint density at radius 1 is 1.89 bits per heavy atom. The maximum atomic E-state index is 9.99. The number of hydrogen-bond acceptors (Lipinski definition) is 4. The van der Waals surface area contributed by atoms with Gasteiger partial charge in [0.15, 0.2) is 0 Å². The molecule has 48 valence electrons. The first-order chi connectivity index (χ1) is 4.20. The zero-order chi connectivity index (χ0) is 6.85. The van der Waals surface area contributed by atoms with Crippen LogP contribution in [0.3, 0.4) is 0 Å². The van der Waals surface area contributed by atoms with Gasteiger partial charge in [0, 0.05) is 0 Å². The molecule has 9 heavy (non-hydrogen) atoms. The van der Waals surface area contributed by atoms with E-state index in [2.05, 4.69) is 26.8 Å². The standard InChI is InChI=1S/C3H2N2O3S/c6-2(7)1-4-5-3(9)8-1/h(H,5,9)(H,6,7). The van der Waals surface area contributed by atoms with Crippen molar-refractivity contribution in [3.63, 3.8) is 0 Å². The molecule has 1 heterocycles. The van der Waals surface area contributed by atoms with Crippen LogP contribution in [0, 0.1) is 4.84 Å². The fourth-order valence-corrected chi connectivity index (χ4v) is 0.446. The number of carboxylic acids is 1. The molecule has 0 saturated carbocycles. The van der Waals surface area contributed by atoms with Crippen molar-refractivity contribution in [2.24, 2.45) is 0 Å². The average Bonchev–Trinajstić information content (AvgIpc) is 2.14. The van der Waals surface area contributed by atoms with E-state index in [1.54, 1.807) is 0 Å². The first kappa shape index (κ1) is 5.96. The predicted molar refractivity (Wildman–Crippen MR) is 28.6 cm³/mol. The van der Waals surface area contributed by atoms with Crippen LogP contribution in [0.5, 0.6) is 0 Å². The van der Waals surface area contributed by atoms with Crippen LogP contribution >= 0.6 is 12.2 Å². The number of rotatable bonds is 1. The maximum Gasteiger partial charge on any atom is 0.393 e. The summed E-state index contributed by atoms with van der Waals surface area (Å²) in [5, 5.41) is 13.6. The van der Waals surface area contributed by atoms with Crippen LogP contribution in [-0.4, -0.2) is 21.3 Å². The summed E-state index contributed by atoms with van der Waals surface area (Å²) in [6, 6.07) is 0. The van der Waals surface area contributed by atoms with E-state index in [1.807, 2.05) is 0 Å². The number of nitrogens with one attached hydrogen (secondary N) is 1. The van der Waals surface area contributed by atoms with Gasteiger partial charge in [-0.2, -0.15) is 0 Å². The Morgan fingerprint density at radius 2 is 2.56 bits per heavy atom. The summed E-state index contributed by atoms with van der Waals surface area (Å²) in [5.74, 6) is -1.65. The minimum absolute atomic E-state index is 0.0348. The second-order valence-corrected chi connectivity index (χ2v) is 1.59. The van der Waals surface area contributed by atoms with Crippen LogP contribution in [0.25, 0.3) is 0 Å². The molecule has 5 nitrogen and oxygen atoms in total. The second-order valence-electron chi connectivity index (χ2n) is 1.22. The number of carboxylic acid groups (broad SMARTS) is 1. The van der Waals surface area contributed by atoms with E-state index < -0.39 is 11.9 Å². The number of nitrogens with zero attached hydrogens (tertiary/aromatic N) is 1. The Hall–Kier alpha value is -1.17. The SMILES string of the molecule is O=C(O)c1n[nH]c(=S)o1. The topological polar surface area (TPSA) is 79.1 Å². The number of aromatic carboxylic acids is 1. The van der Waals surface area contributed by atoms with Crippen LogP contribution in [0.1, 0.15) is 10.7 Å². The summed E-state index contributed by atoms with van der Waals surface area (Å²) in [4.78, 5) is 9.96. The third-order valence-corrected chi connectivity index (χ3v) is 0.796. The van der Waals surface area contributed by atoms with Gasteiger partial charge in [-0.05, 0) is 12.2 Å². The lowest BCUT2D eigenvalue weighted by Gasteiger charge is -1.75. The Kier molecular flexibility index (Phi) is 1.31. The number of H-pyrrole nitrogens is 1. The van der Waals surface area contributed by atoms with Gasteiger partial charge in [0.2, 0.25) is 0 Å². The summed E-state index contributed by atoms with van der Waals surface area (Å²) < 4.78 is 4.39. The number of hydrogen-bond donors (Lipinski definition) is 2. The molecule has 0 aromatic carbocycles. The summed E-state index contributed by atoms with van der Waals surface area (Å²) >= 11 is 4.40. The third kappa shape index (κ3) is 1.14. The molecule has 0 unspecified atom stereocenters. The van der Waals surface area contributed by atoms with Gasteiger partial charge in [-0.1, -0.05) is 0 Å². The first-order valence-electron chi connectivity index (χ1n) is 1.99. The zero-order valence-electron chi connectivity index (χ0n) is 4.12. The van der Waals surface area contributed by atoms with Crippen molar-refractivity contribution >= 4 is 18.2 Å². The molecular weight excluding hydrogens is 144 g/mol. The van der Waals surface area contributed by atoms with Gasteiger partial charge in [-0.25, -0.2) is 9.89 Å². The van der Waals surface area contributed by atoms with E-state index in [4.69, 9.17) is 5.11 Å². The molecule has 0 radical (unpaired) electrons. The van der Waals surface area contributed by atoms with Crippen LogP contribution in [-0.2, 0) is 0 Å². The largest absolute Gasteiger partial charge is 0.474 e. The minimum atomic E-state index is -1.23. The van der Waals surface area contributed by atoms with Crippen LogP contribution in [0.2, 0.25) is 0 Å². The summed E-state index contributed by atoms with van der Waals surface area (Å²) in [6.07, 6.45) is 0. The monoisotopic (exact) mass is 146 g/mol. The summed E-state index contributed by atoms with van der Waals surface area (Å²) in [7, 11) is 0. The fourth-order valence-electron chi connectivity index (χ4n) is 0.321. The fraction of sp³-hybridized carbons (Fsp3) is 0. The molecule has 1 aromatic rings. The molecule has 0 amide bonds. The van der Waals surface area contributed by atoms with Gasteiger partial charge in [-0.15, -0.1) is 5.10 Å². The highest BCUT2D eigenvalue weighted by atomic mass is 32.1. The van der Waals surface area contributed by atoms with Crippen molar-refractivity contribution in [2.75, 3.05) is 0 Å². The molecule has 6 heteroatoms. The highest BCUT2D eigenvalue weighted by Gasteiger charge is 2.07. The summed E-state index contributed by atoms with van der Waals surface area (Å²) in [5.41, 5.74) is 0. The Balaban J connectivity index is 3.12. The smallest absolute Gasteiger partial charge is 0.393 e. The zero-order valence-corrected chi connectivity index (χ0v) is 4.94. The molecule has 0 aliphatic carbocycles. The second kappa shape index (κ2) is 1.98. The van der Waals surface area contributed by atoms with Gasteiger partial charge >= 0.3 is 11.9 Å². The van der Waals surface area contributed by atoms with Gasteiger partial charge in [0.1, 0.15) is 0 Å². The lowest BCUT2D eigenvalue weighted by Crippen LogP contribution is -1.95. The molecule has 0 bridgehead atoms. The third-order valence-electron chi connectivity index (χ3n) is 0.621. The van der Waals surface area contributed by atoms with Crippen LogP contribution in [0.4, 0.5) is 0 Å². The minimum Gasteiger partial charge on any atom is -0.474 e. The van der Waals surface area contributed by atoms with Crippen molar-refractivity contribution in [1.29, 1.82) is 0 Å². The van der Waals surface area contributed by atoms with Crippen molar-refractivity contribution < 1.29 is 14.3 Å². The Bertz CT molecular complexity index is 275. The molecule has 0 spiro atoms. The molecule has 1 aromatic heterocycles. The van der Waals surface area contributed by atoms with E-state index in [-0.39, 0.29) is 4.84 Å². The van der Waals surface area contributed by atoms with E-state index >= 15 is 0 Å². The van der Waals surface area contributed by atoms with E-state index in [0.717, 1.165) is 0 Å². The van der Waals surface area contributed by atoms with Crippen LogP contribution < -0.4 is 0 Å². The molecule has 0 saturated heterocycles. The highest BCUT2D eigenvalue weighted by Crippen LogP contribution is 1.91. The van der Waals surface area contributed by atoms with Crippen molar-refractivity contribution in [3.8, 4) is 0 Å². The van der Waals surface area contributed by atoms with Crippen molar-refractivity contribution in [1.82, 2.24) is 10.2 Å². The van der Waals surface area contributed by atoms with Gasteiger partial charge < -0.3 is 9.52 Å². The molecular formula is C3H2N2O3S. The predicted octanol–water partition coefficient (Wildman–Crippen LogP) is 0.430. The quantitative estimate of drug-likeness (QED) is 0.561. The van der Waals surface area contributed by atoms with E-state index in [1.165, 1.54) is 0 Å². The Morgan fingerprint density at radius 3 is 2.78 bits per heavy atom. The van der Waals surface area contributed by atoms with Crippen molar-refractivity contribution in [2.45, 2.75) is 0 Å². The lowest BCUT2D eigenvalue weighted by atomic mass is 10.7. The van der Waals surface area contributed by atoms with Gasteiger partial charge in [0.05, 0.1) is 0 Å². The lowest BCUT2D eigenvalue weighted by molar-refractivity contribution is 0.0652. The number of carbonyl (C=O) groups is 1. The van der Waals surface area contributed by atoms with E-state index in [9.17, 15) is 4.79 Å². The molecule has 0 fully saturated rings. The van der Waals surface area contributed by atoms with Gasteiger partial charge in [0.25, 0.3) is 4.84 Å². The number of aromatic amines is 1. The average molecular weight is 146 g/mol. The Labute approximate surface area is 54.3 Å². The van der Waals surface area contributed by atoms with Crippen molar-refractivity contribution in [3.05, 3.63) is 10.7 Å². The first-order valence-corrected chi connectivity index (χ1v) is 2.40. The normalized spacial score (nSPS) is 9.33. The van der Waals surface area contributed by atoms with Crippen LogP contribution in [0.15, 0.2) is 4.42 Å². The molecule has 2 N–H and O–H groups in total. The van der Waals surface area contributed by atoms with Gasteiger partial charge in [-0.3, -0.25) is 0 Å². The van der Waals surface area contributed by atoms with E-state index in [0.29, 0.717) is 0 Å². The molecule has 0 aliphatic heterocycles.